The van der Waals surface area contributed by atoms with E-state index in [2.05, 4.69) is 27.3 Å². The van der Waals surface area contributed by atoms with Crippen LogP contribution in [0.4, 0.5) is 5.69 Å². The zero-order chi connectivity index (χ0) is 13.0. The average Bonchev–Trinajstić information content (AvgIpc) is 2.75. The number of anilines is 1. The summed E-state index contributed by atoms with van der Waals surface area (Å²) in [7, 11) is 4.06. The molecule has 0 saturated carbocycles. The van der Waals surface area contributed by atoms with E-state index in [-0.39, 0.29) is 5.91 Å². The van der Waals surface area contributed by atoms with E-state index in [4.69, 9.17) is 0 Å². The molecule has 5 heteroatoms. The topological polar surface area (TPSA) is 44.7 Å². The van der Waals surface area contributed by atoms with Gasteiger partial charge in [-0.15, -0.1) is 11.8 Å². The first kappa shape index (κ1) is 12.7. The van der Waals surface area contributed by atoms with Gasteiger partial charge in [0.25, 0.3) is 5.91 Å². The highest BCUT2D eigenvalue weighted by Crippen LogP contribution is 2.24. The van der Waals surface area contributed by atoms with Crippen LogP contribution in [-0.2, 0) is 10.5 Å². The number of carbonyl (C=O) groups is 1. The first-order valence-corrected chi connectivity index (χ1v) is 6.64. The zero-order valence-corrected chi connectivity index (χ0v) is 11.2. The number of benzene rings is 1. The van der Waals surface area contributed by atoms with E-state index >= 15 is 0 Å². The molecule has 0 atom stereocenters. The Bertz CT molecular complexity index is 509. The van der Waals surface area contributed by atoms with Crippen molar-refractivity contribution in [2.24, 2.45) is 4.99 Å². The number of hydrogen-bond acceptors (Lipinski definition) is 4. The third kappa shape index (κ3) is 3.13. The molecule has 18 heavy (non-hydrogen) atoms. The molecule has 0 aliphatic carbocycles. The highest BCUT2D eigenvalue weighted by atomic mass is 32.2. The predicted octanol–water partition coefficient (Wildman–Crippen LogP) is 1.99. The Balaban J connectivity index is 1.99. The van der Waals surface area contributed by atoms with Crippen molar-refractivity contribution in [2.45, 2.75) is 5.75 Å². The summed E-state index contributed by atoms with van der Waals surface area (Å²) in [5, 5.41) is 4.52. The fourth-order valence-corrected chi connectivity index (χ4v) is 2.44. The Kier molecular flexibility index (Phi) is 4.04. The summed E-state index contributed by atoms with van der Waals surface area (Å²) in [5.74, 6) is 1.31. The lowest BCUT2D eigenvalue weighted by Crippen LogP contribution is -2.14. The van der Waals surface area contributed by atoms with Gasteiger partial charge in [-0.05, 0) is 11.6 Å². The summed E-state index contributed by atoms with van der Waals surface area (Å²) < 4.78 is 0. The van der Waals surface area contributed by atoms with Crippen molar-refractivity contribution in [3.05, 3.63) is 41.1 Å². The number of nitrogens with one attached hydrogen (secondary N) is 1. The van der Waals surface area contributed by atoms with E-state index in [1.165, 1.54) is 17.5 Å². The van der Waals surface area contributed by atoms with Crippen LogP contribution in [0.2, 0.25) is 0 Å². The lowest BCUT2D eigenvalue weighted by atomic mass is 10.2. The number of carbonyl (C=O) groups excluding carboxylic acids is 1. The number of amides is 1. The molecule has 2 rings (SSSR count). The molecule has 1 aliphatic rings. The summed E-state index contributed by atoms with van der Waals surface area (Å²) >= 11 is 1.62. The molecule has 0 radical (unpaired) electrons. The van der Waals surface area contributed by atoms with Gasteiger partial charge in [-0.3, -0.25) is 4.79 Å². The van der Waals surface area contributed by atoms with Crippen LogP contribution in [0, 0.1) is 0 Å². The number of thioether (sulfide) groups is 1. The van der Waals surface area contributed by atoms with Crippen LogP contribution in [0.1, 0.15) is 5.56 Å². The van der Waals surface area contributed by atoms with E-state index in [1.807, 2.05) is 31.6 Å². The maximum Gasteiger partial charge on any atom is 0.268 e. The van der Waals surface area contributed by atoms with Crippen LogP contribution in [0.25, 0.3) is 0 Å². The third-order valence-corrected chi connectivity index (χ3v) is 3.35. The van der Waals surface area contributed by atoms with Gasteiger partial charge >= 0.3 is 0 Å². The molecule has 1 aromatic carbocycles. The van der Waals surface area contributed by atoms with Crippen molar-refractivity contribution in [3.63, 3.8) is 0 Å². The maximum atomic E-state index is 10.9. The van der Waals surface area contributed by atoms with Crippen molar-refractivity contribution >= 4 is 29.6 Å². The van der Waals surface area contributed by atoms with Gasteiger partial charge in [0.15, 0.2) is 0 Å². The van der Waals surface area contributed by atoms with Gasteiger partial charge in [0.05, 0.1) is 6.21 Å². The van der Waals surface area contributed by atoms with E-state index in [0.717, 1.165) is 5.75 Å². The number of para-hydroxylation sites is 1. The largest absolute Gasteiger partial charge is 0.377 e. The highest BCUT2D eigenvalue weighted by molar-refractivity contribution is 8.01. The lowest BCUT2D eigenvalue weighted by Gasteiger charge is -2.16. The first-order valence-electron chi connectivity index (χ1n) is 5.59. The van der Waals surface area contributed by atoms with Crippen molar-refractivity contribution in [1.29, 1.82) is 0 Å². The number of aliphatic imine (C=N–C) groups is 1. The van der Waals surface area contributed by atoms with Crippen molar-refractivity contribution < 1.29 is 4.79 Å². The minimum Gasteiger partial charge on any atom is -0.377 e. The molecule has 94 valence electrons. The second-order valence-corrected chi connectivity index (χ2v) is 4.94. The molecule has 1 aliphatic heterocycles. The van der Waals surface area contributed by atoms with E-state index in [0.29, 0.717) is 5.82 Å². The van der Waals surface area contributed by atoms with Crippen molar-refractivity contribution in [1.82, 2.24) is 5.32 Å². The van der Waals surface area contributed by atoms with E-state index in [9.17, 15) is 4.79 Å². The maximum absolute atomic E-state index is 10.9. The Morgan fingerprint density at radius 3 is 2.83 bits per heavy atom. The number of nitrogens with zero attached hydrogens (tertiary/aromatic N) is 2. The lowest BCUT2D eigenvalue weighted by molar-refractivity contribution is -0.113. The molecule has 1 N–H and O–H groups in total. The predicted molar refractivity (Wildman–Crippen MR) is 76.8 cm³/mol. The molecular formula is C13H15N3OS. The van der Waals surface area contributed by atoms with Crippen LogP contribution < -0.4 is 10.2 Å². The van der Waals surface area contributed by atoms with Gasteiger partial charge in [0.2, 0.25) is 0 Å². The number of hydrogen-bond donors (Lipinski definition) is 1. The van der Waals surface area contributed by atoms with E-state index < -0.39 is 0 Å². The number of rotatable bonds is 4. The molecule has 0 bridgehead atoms. The highest BCUT2D eigenvalue weighted by Gasteiger charge is 2.08. The van der Waals surface area contributed by atoms with Crippen LogP contribution >= 0.6 is 11.8 Å². The van der Waals surface area contributed by atoms with Crippen molar-refractivity contribution in [3.8, 4) is 0 Å². The minimum atomic E-state index is -0.157. The Labute approximate surface area is 111 Å². The van der Waals surface area contributed by atoms with Gasteiger partial charge in [0, 0.05) is 30.9 Å². The van der Waals surface area contributed by atoms with E-state index in [1.54, 1.807) is 11.8 Å². The van der Waals surface area contributed by atoms with Gasteiger partial charge in [-0.1, -0.05) is 18.2 Å². The summed E-state index contributed by atoms with van der Waals surface area (Å²) in [5.41, 5.74) is 2.47. The van der Waals surface area contributed by atoms with Crippen LogP contribution in [-0.4, -0.2) is 26.2 Å². The molecule has 0 spiro atoms. The van der Waals surface area contributed by atoms with Gasteiger partial charge in [-0.2, -0.15) is 0 Å². The Morgan fingerprint density at radius 1 is 1.39 bits per heavy atom. The monoisotopic (exact) mass is 261 g/mol. The van der Waals surface area contributed by atoms with Crippen molar-refractivity contribution in [2.75, 3.05) is 19.0 Å². The molecule has 4 nitrogen and oxygen atoms in total. The summed E-state index contributed by atoms with van der Waals surface area (Å²) in [4.78, 5) is 17.0. The molecule has 0 saturated heterocycles. The fraction of sp³-hybridized carbons (Fsp3) is 0.231. The molecule has 1 amide bonds. The average molecular weight is 261 g/mol. The zero-order valence-electron chi connectivity index (χ0n) is 10.4. The van der Waals surface area contributed by atoms with Crippen LogP contribution in [0.15, 0.2) is 40.5 Å². The Hall–Kier alpha value is -1.75. The molecule has 0 unspecified atom stereocenters. The molecule has 0 fully saturated rings. The molecule has 1 aromatic rings. The summed E-state index contributed by atoms with van der Waals surface area (Å²) in [6, 6.07) is 8.27. The SMILES string of the molecule is CN(C)c1ccccc1CS/C=C1/N=CC(=O)N1. The Morgan fingerprint density at radius 2 is 2.17 bits per heavy atom. The van der Waals surface area contributed by atoms with Gasteiger partial charge in [0.1, 0.15) is 5.82 Å². The third-order valence-electron chi connectivity index (χ3n) is 2.48. The minimum absolute atomic E-state index is 0.157. The second-order valence-electron chi connectivity index (χ2n) is 4.08. The summed E-state index contributed by atoms with van der Waals surface area (Å²) in [6.07, 6.45) is 1.29. The van der Waals surface area contributed by atoms with Crippen LogP contribution in [0.5, 0.6) is 0 Å². The quantitative estimate of drug-likeness (QED) is 0.901. The first-order chi connectivity index (χ1) is 8.66. The molecular weight excluding hydrogens is 246 g/mol. The molecule has 1 heterocycles. The normalized spacial score (nSPS) is 16.1. The smallest absolute Gasteiger partial charge is 0.268 e. The van der Waals surface area contributed by atoms with Gasteiger partial charge in [-0.25, -0.2) is 4.99 Å². The fourth-order valence-electron chi connectivity index (χ4n) is 1.66. The molecule has 0 aromatic heterocycles. The van der Waals surface area contributed by atoms with Gasteiger partial charge < -0.3 is 10.2 Å². The second kappa shape index (κ2) is 5.73. The standard InChI is InChI=1S/C13H15N3OS/c1-16(2)11-6-4-3-5-10(11)8-18-9-12-14-7-13(17)15-12/h3-7,9H,8H2,1-2H3,(H,15,17)/b12-9-. The summed E-state index contributed by atoms with van der Waals surface area (Å²) in [6.45, 7) is 0. The van der Waals surface area contributed by atoms with Crippen LogP contribution in [0.3, 0.4) is 0 Å².